The maximum atomic E-state index is 11.9. The van der Waals surface area contributed by atoms with Crippen LogP contribution < -0.4 is 5.73 Å². The molecule has 1 aromatic heterocycles. The van der Waals surface area contributed by atoms with Crippen molar-refractivity contribution in [3.8, 4) is 5.69 Å². The molecular formula is C16H21N3O2. The van der Waals surface area contributed by atoms with Gasteiger partial charge in [0, 0.05) is 11.9 Å². The molecular weight excluding hydrogens is 266 g/mol. The monoisotopic (exact) mass is 287 g/mol. The summed E-state index contributed by atoms with van der Waals surface area (Å²) in [4.78, 5) is 11.9. The molecule has 0 fully saturated rings. The van der Waals surface area contributed by atoms with E-state index >= 15 is 0 Å². The summed E-state index contributed by atoms with van der Waals surface area (Å²) < 4.78 is 6.84. The average Bonchev–Trinajstić information content (AvgIpc) is 2.97. The summed E-state index contributed by atoms with van der Waals surface area (Å²) in [5, 5.41) is 4.23. The van der Waals surface area contributed by atoms with Crippen LogP contribution in [0.2, 0.25) is 0 Å². The van der Waals surface area contributed by atoms with Crippen molar-refractivity contribution in [2.45, 2.75) is 32.6 Å². The molecule has 0 unspecified atom stereocenters. The van der Waals surface area contributed by atoms with E-state index in [1.807, 2.05) is 12.1 Å². The molecule has 0 bridgehead atoms. The molecule has 0 saturated heterocycles. The lowest BCUT2D eigenvalue weighted by Crippen LogP contribution is -2.08. The van der Waals surface area contributed by atoms with E-state index in [1.54, 1.807) is 29.1 Å². The fraction of sp³-hybridized carbons (Fsp3) is 0.375. The molecule has 2 aromatic rings. The lowest BCUT2D eigenvalue weighted by Gasteiger charge is -2.03. The zero-order valence-corrected chi connectivity index (χ0v) is 12.3. The maximum absolute atomic E-state index is 11.9. The fourth-order valence-electron chi connectivity index (χ4n) is 1.97. The Bertz CT molecular complexity index is 575. The van der Waals surface area contributed by atoms with Crippen LogP contribution in [0.25, 0.3) is 5.69 Å². The number of benzene rings is 1. The topological polar surface area (TPSA) is 70.1 Å². The van der Waals surface area contributed by atoms with Crippen molar-refractivity contribution in [1.82, 2.24) is 9.78 Å². The van der Waals surface area contributed by atoms with Crippen LogP contribution >= 0.6 is 0 Å². The molecule has 1 aromatic carbocycles. The normalized spacial score (nSPS) is 10.5. The van der Waals surface area contributed by atoms with Crippen molar-refractivity contribution in [2.75, 3.05) is 12.3 Å². The first kappa shape index (κ1) is 15.1. The van der Waals surface area contributed by atoms with Gasteiger partial charge in [-0.15, -0.1) is 0 Å². The second-order valence-corrected chi connectivity index (χ2v) is 4.93. The van der Waals surface area contributed by atoms with E-state index in [4.69, 9.17) is 10.5 Å². The second-order valence-electron chi connectivity index (χ2n) is 4.93. The molecule has 0 spiro atoms. The Kier molecular flexibility index (Phi) is 5.37. The quantitative estimate of drug-likeness (QED) is 0.482. The Hall–Kier alpha value is -2.30. The van der Waals surface area contributed by atoms with Gasteiger partial charge in [-0.1, -0.05) is 26.2 Å². The van der Waals surface area contributed by atoms with Gasteiger partial charge in [0.1, 0.15) is 0 Å². The largest absolute Gasteiger partial charge is 0.461 e. The molecule has 0 amide bonds. The third-order valence-corrected chi connectivity index (χ3v) is 3.19. The lowest BCUT2D eigenvalue weighted by molar-refractivity contribution is 0.0490. The molecule has 2 rings (SSSR count). The summed E-state index contributed by atoms with van der Waals surface area (Å²) in [5.74, 6) is -0.374. The van der Waals surface area contributed by atoms with Crippen LogP contribution in [0.5, 0.6) is 0 Å². The van der Waals surface area contributed by atoms with Crippen LogP contribution in [0.15, 0.2) is 36.5 Å². The van der Waals surface area contributed by atoms with E-state index in [0.29, 0.717) is 18.0 Å². The molecule has 2 N–H and O–H groups in total. The zero-order chi connectivity index (χ0) is 15.1. The fourth-order valence-corrected chi connectivity index (χ4v) is 1.97. The smallest absolute Gasteiger partial charge is 0.358 e. The number of hydrogen-bond donors (Lipinski definition) is 1. The van der Waals surface area contributed by atoms with Crippen molar-refractivity contribution < 1.29 is 9.53 Å². The van der Waals surface area contributed by atoms with E-state index in [2.05, 4.69) is 12.0 Å². The van der Waals surface area contributed by atoms with E-state index in [0.717, 1.165) is 18.5 Å². The highest BCUT2D eigenvalue weighted by molar-refractivity contribution is 5.87. The summed E-state index contributed by atoms with van der Waals surface area (Å²) in [6, 6.07) is 8.95. The van der Waals surface area contributed by atoms with Gasteiger partial charge in [-0.25, -0.2) is 9.48 Å². The molecule has 0 aliphatic rings. The number of rotatable bonds is 7. The van der Waals surface area contributed by atoms with Crippen LogP contribution in [0.1, 0.15) is 43.1 Å². The van der Waals surface area contributed by atoms with Gasteiger partial charge in [-0.3, -0.25) is 0 Å². The Morgan fingerprint density at radius 3 is 2.67 bits per heavy atom. The van der Waals surface area contributed by atoms with Crippen LogP contribution in [-0.4, -0.2) is 22.4 Å². The van der Waals surface area contributed by atoms with Gasteiger partial charge < -0.3 is 10.5 Å². The Morgan fingerprint density at radius 1 is 1.19 bits per heavy atom. The predicted octanol–water partition coefficient (Wildman–Crippen LogP) is 3.19. The number of hydrogen-bond acceptors (Lipinski definition) is 4. The van der Waals surface area contributed by atoms with Gasteiger partial charge >= 0.3 is 5.97 Å². The SMILES string of the molecule is CCCCCCOC(=O)c1ccn(-c2ccc(N)cc2)n1. The highest BCUT2D eigenvalue weighted by Crippen LogP contribution is 2.11. The Labute approximate surface area is 124 Å². The number of carbonyl (C=O) groups excluding carboxylic acids is 1. The maximum Gasteiger partial charge on any atom is 0.358 e. The summed E-state index contributed by atoms with van der Waals surface area (Å²) in [5.41, 5.74) is 7.51. The molecule has 0 atom stereocenters. The summed E-state index contributed by atoms with van der Waals surface area (Å²) in [6.07, 6.45) is 6.06. The van der Waals surface area contributed by atoms with E-state index < -0.39 is 0 Å². The third kappa shape index (κ3) is 4.34. The molecule has 1 heterocycles. The summed E-state index contributed by atoms with van der Waals surface area (Å²) >= 11 is 0. The minimum absolute atomic E-state index is 0.322. The number of anilines is 1. The standard InChI is InChI=1S/C16H21N3O2/c1-2-3-4-5-12-21-16(20)15-10-11-19(18-15)14-8-6-13(17)7-9-14/h6-11H,2-5,12,17H2,1H3. The van der Waals surface area contributed by atoms with Crippen molar-refractivity contribution in [1.29, 1.82) is 0 Å². The lowest BCUT2D eigenvalue weighted by atomic mass is 10.2. The molecule has 0 radical (unpaired) electrons. The first-order valence-electron chi connectivity index (χ1n) is 7.29. The molecule has 0 saturated carbocycles. The number of carbonyl (C=O) groups is 1. The number of nitrogen functional groups attached to an aromatic ring is 1. The number of unbranched alkanes of at least 4 members (excludes halogenated alkanes) is 3. The highest BCUT2D eigenvalue weighted by Gasteiger charge is 2.11. The Morgan fingerprint density at radius 2 is 1.95 bits per heavy atom. The average molecular weight is 287 g/mol. The first-order valence-corrected chi connectivity index (χ1v) is 7.29. The molecule has 0 aliphatic carbocycles. The van der Waals surface area contributed by atoms with Crippen LogP contribution in [0, 0.1) is 0 Å². The Balaban J connectivity index is 1.90. The van der Waals surface area contributed by atoms with Gasteiger partial charge in [0.05, 0.1) is 12.3 Å². The number of ether oxygens (including phenoxy) is 1. The van der Waals surface area contributed by atoms with Gasteiger partial charge in [-0.05, 0) is 36.8 Å². The summed E-state index contributed by atoms with van der Waals surface area (Å²) in [7, 11) is 0. The van der Waals surface area contributed by atoms with Gasteiger partial charge in [-0.2, -0.15) is 5.10 Å². The van der Waals surface area contributed by atoms with Gasteiger partial charge in [0.2, 0.25) is 0 Å². The van der Waals surface area contributed by atoms with Gasteiger partial charge in [0.25, 0.3) is 0 Å². The predicted molar refractivity (Wildman–Crippen MR) is 82.4 cm³/mol. The van der Waals surface area contributed by atoms with E-state index in [9.17, 15) is 4.79 Å². The van der Waals surface area contributed by atoms with E-state index in [1.165, 1.54) is 12.8 Å². The summed E-state index contributed by atoms with van der Waals surface area (Å²) in [6.45, 7) is 2.60. The van der Waals surface area contributed by atoms with Crippen molar-refractivity contribution >= 4 is 11.7 Å². The van der Waals surface area contributed by atoms with Crippen molar-refractivity contribution in [2.24, 2.45) is 0 Å². The number of nitrogens with two attached hydrogens (primary N) is 1. The first-order chi connectivity index (χ1) is 10.2. The van der Waals surface area contributed by atoms with Crippen molar-refractivity contribution in [3.63, 3.8) is 0 Å². The minimum atomic E-state index is -0.374. The minimum Gasteiger partial charge on any atom is -0.461 e. The van der Waals surface area contributed by atoms with Crippen LogP contribution in [-0.2, 0) is 4.74 Å². The highest BCUT2D eigenvalue weighted by atomic mass is 16.5. The molecule has 112 valence electrons. The third-order valence-electron chi connectivity index (χ3n) is 3.19. The van der Waals surface area contributed by atoms with E-state index in [-0.39, 0.29) is 5.97 Å². The number of esters is 1. The zero-order valence-electron chi connectivity index (χ0n) is 12.3. The van der Waals surface area contributed by atoms with Crippen LogP contribution in [0.4, 0.5) is 5.69 Å². The second kappa shape index (κ2) is 7.47. The molecule has 0 aliphatic heterocycles. The number of aromatic nitrogens is 2. The van der Waals surface area contributed by atoms with Crippen LogP contribution in [0.3, 0.4) is 0 Å². The molecule has 21 heavy (non-hydrogen) atoms. The molecule has 5 heteroatoms. The molecule has 5 nitrogen and oxygen atoms in total. The van der Waals surface area contributed by atoms with Gasteiger partial charge in [0.15, 0.2) is 5.69 Å². The van der Waals surface area contributed by atoms with Crippen molar-refractivity contribution in [3.05, 3.63) is 42.2 Å². The number of nitrogens with zero attached hydrogens (tertiary/aromatic N) is 2.